The van der Waals surface area contributed by atoms with Crippen molar-refractivity contribution in [2.24, 2.45) is 0 Å². The van der Waals surface area contributed by atoms with E-state index in [1.807, 2.05) is 0 Å². The normalized spacial score (nSPS) is 11.7. The molecule has 0 N–H and O–H groups in total. The minimum absolute atomic E-state index is 0.161. The van der Waals surface area contributed by atoms with Crippen LogP contribution < -0.4 is 0 Å². The molecule has 0 bridgehead atoms. The first-order valence-electron chi connectivity index (χ1n) is 19.3. The molecule has 6 rings (SSSR count). The second-order valence-corrected chi connectivity index (χ2v) is 16.3. The molecule has 0 atom stereocenters. The fourth-order valence-corrected chi connectivity index (χ4v) is 8.87. The third-order valence-corrected chi connectivity index (χ3v) is 13.9. The maximum absolute atomic E-state index is 2.47. The zero-order valence-corrected chi connectivity index (χ0v) is 35.0. The van der Waals surface area contributed by atoms with Crippen molar-refractivity contribution in [1.82, 2.24) is 0 Å². The first kappa shape index (κ1) is 37.3. The Hall–Kier alpha value is -4.42. The van der Waals surface area contributed by atoms with Crippen LogP contribution in [-0.4, -0.2) is 0 Å². The molecule has 0 amide bonds. The third kappa shape index (κ3) is 6.13. The van der Waals surface area contributed by atoms with Crippen molar-refractivity contribution >= 4 is 10.8 Å². The van der Waals surface area contributed by atoms with E-state index < -0.39 is 0 Å². The molecule has 0 aliphatic rings. The zero-order valence-electron chi connectivity index (χ0n) is 35.0. The Morgan fingerprint density at radius 2 is 0.808 bits per heavy atom. The van der Waals surface area contributed by atoms with Gasteiger partial charge in [-0.25, -0.2) is 0 Å². The zero-order chi connectivity index (χ0) is 38.1. The minimum Gasteiger partial charge on any atom is -0.0581 e. The molecule has 0 aliphatic carbocycles. The number of rotatable bonds is 6. The van der Waals surface area contributed by atoms with Crippen molar-refractivity contribution < 1.29 is 0 Å². The van der Waals surface area contributed by atoms with E-state index in [-0.39, 0.29) is 5.92 Å². The highest BCUT2D eigenvalue weighted by molar-refractivity contribution is 5.85. The Bertz CT molecular complexity index is 2360. The van der Waals surface area contributed by atoms with Gasteiger partial charge in [-0.2, -0.15) is 0 Å². The molecule has 268 valence electrons. The van der Waals surface area contributed by atoms with E-state index in [9.17, 15) is 0 Å². The summed E-state index contributed by atoms with van der Waals surface area (Å²) in [5, 5.41) is 2.61. The molecule has 52 heavy (non-hydrogen) atoms. The summed E-state index contributed by atoms with van der Waals surface area (Å²) in [4.78, 5) is 0. The van der Waals surface area contributed by atoms with Gasteiger partial charge in [-0.1, -0.05) is 54.6 Å². The fraction of sp³-hybridized carbons (Fsp3) is 0.346. The molecule has 0 heteroatoms. The number of hydrogen-bond donors (Lipinski definition) is 0. The number of aryl methyl sites for hydroxylation is 3. The van der Waals surface area contributed by atoms with Crippen molar-refractivity contribution in [3.63, 3.8) is 0 Å². The molecule has 0 radical (unpaired) electrons. The Morgan fingerprint density at radius 3 is 1.37 bits per heavy atom. The smallest absolute Gasteiger partial charge is 0.0345 e. The van der Waals surface area contributed by atoms with Gasteiger partial charge < -0.3 is 0 Å². The third-order valence-electron chi connectivity index (χ3n) is 13.9. The van der Waals surface area contributed by atoms with Crippen molar-refractivity contribution in [2.75, 3.05) is 0 Å². The van der Waals surface area contributed by atoms with E-state index in [2.05, 4.69) is 165 Å². The lowest BCUT2D eigenvalue weighted by atomic mass is 9.76. The summed E-state index contributed by atoms with van der Waals surface area (Å²) in [6.45, 7) is 36.7. The van der Waals surface area contributed by atoms with Gasteiger partial charge in [0, 0.05) is 5.92 Å². The summed E-state index contributed by atoms with van der Waals surface area (Å²) < 4.78 is 0. The molecule has 0 spiro atoms. The maximum Gasteiger partial charge on any atom is 0.0345 e. The van der Waals surface area contributed by atoms with E-state index >= 15 is 0 Å². The lowest BCUT2D eigenvalue weighted by molar-refractivity contribution is 0.929. The van der Waals surface area contributed by atoms with Gasteiger partial charge >= 0.3 is 0 Å². The van der Waals surface area contributed by atoms with Crippen LogP contribution in [0.2, 0.25) is 0 Å². The van der Waals surface area contributed by atoms with Crippen molar-refractivity contribution in [1.29, 1.82) is 0 Å². The molecule has 0 saturated carbocycles. The average molecular weight is 685 g/mol. The van der Waals surface area contributed by atoms with Crippen molar-refractivity contribution in [2.45, 2.75) is 123 Å². The largest absolute Gasteiger partial charge is 0.0581 e. The molecule has 6 aromatic rings. The molecule has 0 aliphatic heterocycles. The molecule has 0 saturated heterocycles. The van der Waals surface area contributed by atoms with Crippen molar-refractivity contribution in [3.05, 3.63) is 171 Å². The van der Waals surface area contributed by atoms with Crippen LogP contribution in [0.25, 0.3) is 21.9 Å². The average Bonchev–Trinajstić information content (AvgIpc) is 3.13. The summed E-state index contributed by atoms with van der Waals surface area (Å²) in [6, 6.07) is 21.8. The lowest BCUT2D eigenvalue weighted by Crippen LogP contribution is -2.11. The molecule has 0 heterocycles. The van der Waals surface area contributed by atoms with E-state index in [4.69, 9.17) is 0 Å². The molecular weight excluding hydrogens is 625 g/mol. The second-order valence-electron chi connectivity index (χ2n) is 16.3. The van der Waals surface area contributed by atoms with Gasteiger partial charge in [0.25, 0.3) is 0 Å². The van der Waals surface area contributed by atoms with Crippen LogP contribution in [-0.2, 0) is 6.42 Å². The number of hydrogen-bond acceptors (Lipinski definition) is 0. The molecular formula is C52H60. The van der Waals surface area contributed by atoms with Crippen LogP contribution in [0.3, 0.4) is 0 Å². The quantitative estimate of drug-likeness (QED) is 0.153. The van der Waals surface area contributed by atoms with Gasteiger partial charge in [0.2, 0.25) is 0 Å². The molecule has 0 nitrogen and oxygen atoms in total. The van der Waals surface area contributed by atoms with Gasteiger partial charge in [-0.15, -0.1) is 0 Å². The van der Waals surface area contributed by atoms with Gasteiger partial charge in [0.15, 0.2) is 0 Å². The predicted octanol–water partition coefficient (Wildman–Crippen LogP) is 14.2. The highest BCUT2D eigenvalue weighted by Gasteiger charge is 2.25. The van der Waals surface area contributed by atoms with E-state index in [0.29, 0.717) is 0 Å². The fourth-order valence-electron chi connectivity index (χ4n) is 8.87. The number of benzene rings is 6. The summed E-state index contributed by atoms with van der Waals surface area (Å²) >= 11 is 0. The van der Waals surface area contributed by atoms with Crippen LogP contribution in [0.4, 0.5) is 0 Å². The first-order valence-corrected chi connectivity index (χ1v) is 19.3. The van der Waals surface area contributed by atoms with E-state index in [1.54, 1.807) is 0 Å². The molecule has 0 aromatic heterocycles. The molecule has 0 fully saturated rings. The highest BCUT2D eigenvalue weighted by atomic mass is 14.3. The Balaban J connectivity index is 1.50. The first-order chi connectivity index (χ1) is 24.4. The van der Waals surface area contributed by atoms with Crippen LogP contribution >= 0.6 is 0 Å². The second kappa shape index (κ2) is 13.9. The topological polar surface area (TPSA) is 0 Å². The molecule has 0 unspecified atom stereocenters. The van der Waals surface area contributed by atoms with Crippen LogP contribution in [0.5, 0.6) is 0 Å². The van der Waals surface area contributed by atoms with Crippen LogP contribution in [0, 0.1) is 111 Å². The van der Waals surface area contributed by atoms with Crippen LogP contribution in [0.1, 0.15) is 123 Å². The van der Waals surface area contributed by atoms with Gasteiger partial charge in [-0.3, -0.25) is 0 Å². The van der Waals surface area contributed by atoms with Gasteiger partial charge in [0.1, 0.15) is 0 Å². The summed E-state index contributed by atoms with van der Waals surface area (Å²) in [5.74, 6) is 0.161. The van der Waals surface area contributed by atoms with Crippen molar-refractivity contribution in [3.8, 4) is 11.1 Å². The lowest BCUT2D eigenvalue weighted by Gasteiger charge is -2.27. The van der Waals surface area contributed by atoms with Crippen LogP contribution in [0.15, 0.2) is 54.6 Å². The Labute approximate surface area is 315 Å². The van der Waals surface area contributed by atoms with E-state index in [0.717, 1.165) is 6.42 Å². The molecule has 6 aromatic carbocycles. The van der Waals surface area contributed by atoms with Gasteiger partial charge in [-0.05, 0) is 256 Å². The predicted molar refractivity (Wildman–Crippen MR) is 228 cm³/mol. The minimum atomic E-state index is 0.161. The number of fused-ring (bicyclic) bond motifs is 1. The summed E-state index contributed by atoms with van der Waals surface area (Å²) in [6.07, 6.45) is 0.914. The summed E-state index contributed by atoms with van der Waals surface area (Å²) in [7, 11) is 0. The Kier molecular flexibility index (Phi) is 9.95. The maximum atomic E-state index is 2.47. The Morgan fingerprint density at radius 1 is 0.365 bits per heavy atom. The monoisotopic (exact) mass is 684 g/mol. The van der Waals surface area contributed by atoms with E-state index in [1.165, 1.54) is 139 Å². The highest BCUT2D eigenvalue weighted by Crippen LogP contribution is 2.42. The summed E-state index contributed by atoms with van der Waals surface area (Å²) in [5.41, 5.74) is 32.3. The SMILES string of the molecule is Cc1cc(-c2c(C)c(C)c(C)c(C)c2Cc2ccc3cc(C(c4cc(C)c(C)c(C)c4C)c4cc(C)c(C)c(C)c4C)ccc3c2)c(C)c(C)c1C. The standard InChI is InChI=1S/C52H60/c1-27-21-47(38(12)33(7)30(27)4)51-42(16)37(11)36(10)41(15)50(51)25-43-17-18-45-26-46(20-19-44(45)24-43)52(48-22-28(2)31(5)34(8)39(48)13)49-23-29(3)32(6)35(9)40(49)14/h17-24,26,52H,25H2,1-16H3. The van der Waals surface area contributed by atoms with Gasteiger partial charge in [0.05, 0.1) is 0 Å².